The molecule has 2 N–H and O–H groups in total. The highest BCUT2D eigenvalue weighted by Crippen LogP contribution is 2.40. The molecule has 176 valence electrons. The number of esters is 1. The lowest BCUT2D eigenvalue weighted by molar-refractivity contribution is -0.259. The molecule has 3 rings (SSSR count). The van der Waals surface area contributed by atoms with Gasteiger partial charge in [-0.25, -0.2) is 0 Å². The molecule has 31 heavy (non-hydrogen) atoms. The van der Waals surface area contributed by atoms with E-state index in [9.17, 15) is 19.8 Å². The Morgan fingerprint density at radius 3 is 2.48 bits per heavy atom. The highest BCUT2D eigenvalue weighted by molar-refractivity contribution is 14.1. The second-order valence-electron chi connectivity index (χ2n) is 8.95. The van der Waals surface area contributed by atoms with Crippen LogP contribution < -0.4 is 0 Å². The quantitative estimate of drug-likeness (QED) is 0.331. The number of allylic oxidation sites excluding steroid dienone is 1. The van der Waals surface area contributed by atoms with Crippen molar-refractivity contribution in [1.82, 2.24) is 0 Å². The molecule has 3 saturated heterocycles. The van der Waals surface area contributed by atoms with Gasteiger partial charge in [-0.15, -0.1) is 0 Å². The standard InChI is InChI=1S/C22H33IO8/c1-11(8-12(2)23)4-5-13(24)9-16-18(26)21-22(31-16)19(27)20-15(30-21)7-6-14(29-20)10-17(25)28-3/h11,14-16,18-22,26-27H,2,4-10H2,1,3H3/t11-,14?,15+,16?,18?,19?,20+,21?,22?/m1/s1. The summed E-state index contributed by atoms with van der Waals surface area (Å²) in [6.45, 7) is 5.98. The van der Waals surface area contributed by atoms with Crippen LogP contribution in [0.1, 0.15) is 51.9 Å². The number of halogens is 1. The van der Waals surface area contributed by atoms with Crippen molar-refractivity contribution in [2.45, 2.75) is 101 Å². The monoisotopic (exact) mass is 552 g/mol. The van der Waals surface area contributed by atoms with Crippen LogP contribution in [0.2, 0.25) is 0 Å². The van der Waals surface area contributed by atoms with Crippen LogP contribution in [0.25, 0.3) is 0 Å². The van der Waals surface area contributed by atoms with Crippen LogP contribution in [-0.4, -0.2) is 77.9 Å². The third-order valence-electron chi connectivity index (χ3n) is 6.40. The molecule has 0 aromatic rings. The van der Waals surface area contributed by atoms with Crippen molar-refractivity contribution in [3.8, 4) is 0 Å². The fourth-order valence-corrected chi connectivity index (χ4v) is 5.48. The molecule has 9 heteroatoms. The van der Waals surface area contributed by atoms with Crippen molar-refractivity contribution in [1.29, 1.82) is 0 Å². The van der Waals surface area contributed by atoms with Crippen molar-refractivity contribution < 1.29 is 38.7 Å². The summed E-state index contributed by atoms with van der Waals surface area (Å²) in [5, 5.41) is 21.6. The van der Waals surface area contributed by atoms with Crippen LogP contribution in [0.4, 0.5) is 0 Å². The number of carbonyl (C=O) groups excluding carboxylic acids is 2. The first-order valence-corrected chi connectivity index (χ1v) is 12.0. The van der Waals surface area contributed by atoms with Gasteiger partial charge < -0.3 is 29.2 Å². The van der Waals surface area contributed by atoms with Gasteiger partial charge in [-0.1, -0.05) is 13.5 Å². The number of ether oxygens (including phenoxy) is 4. The maximum absolute atomic E-state index is 12.5. The van der Waals surface area contributed by atoms with Crippen molar-refractivity contribution in [2.24, 2.45) is 5.92 Å². The Bertz CT molecular complexity index is 670. The number of aliphatic hydroxyl groups excluding tert-OH is 2. The van der Waals surface area contributed by atoms with Crippen LogP contribution >= 0.6 is 22.6 Å². The molecule has 0 spiro atoms. The van der Waals surface area contributed by atoms with E-state index in [-0.39, 0.29) is 36.8 Å². The van der Waals surface area contributed by atoms with E-state index in [0.717, 1.165) is 16.4 Å². The summed E-state index contributed by atoms with van der Waals surface area (Å²) in [5.41, 5.74) is 0. The van der Waals surface area contributed by atoms with E-state index >= 15 is 0 Å². The Balaban J connectivity index is 1.54. The number of hydrogen-bond donors (Lipinski definition) is 2. The number of carbonyl (C=O) groups is 2. The van der Waals surface area contributed by atoms with E-state index in [0.29, 0.717) is 25.2 Å². The Kier molecular flexibility index (Phi) is 8.90. The average molecular weight is 552 g/mol. The molecule has 0 aromatic heterocycles. The van der Waals surface area contributed by atoms with Crippen LogP contribution in [0, 0.1) is 5.92 Å². The van der Waals surface area contributed by atoms with Crippen LogP contribution in [0.5, 0.6) is 0 Å². The van der Waals surface area contributed by atoms with Gasteiger partial charge in [-0.2, -0.15) is 0 Å². The van der Waals surface area contributed by atoms with Gasteiger partial charge in [0.1, 0.15) is 36.3 Å². The Morgan fingerprint density at radius 1 is 1.10 bits per heavy atom. The molecule has 0 amide bonds. The molecular formula is C22H33IO8. The molecule has 3 aliphatic rings. The SMILES string of the molecule is C=C(I)C[C@H](C)CCC(=O)CC1OC2C(O[C@H]3CCC(CC(=O)OC)O[C@@H]3C2O)C1O. The molecule has 6 unspecified atom stereocenters. The van der Waals surface area contributed by atoms with Gasteiger partial charge in [0.15, 0.2) is 0 Å². The number of methoxy groups -OCH3 is 1. The maximum Gasteiger partial charge on any atom is 0.308 e. The summed E-state index contributed by atoms with van der Waals surface area (Å²) < 4.78 is 23.6. The predicted octanol–water partition coefficient (Wildman–Crippen LogP) is 2.07. The topological polar surface area (TPSA) is 112 Å². The van der Waals surface area contributed by atoms with Gasteiger partial charge in [-0.3, -0.25) is 9.59 Å². The van der Waals surface area contributed by atoms with Crippen molar-refractivity contribution in [3.63, 3.8) is 0 Å². The summed E-state index contributed by atoms with van der Waals surface area (Å²) >= 11 is 2.20. The summed E-state index contributed by atoms with van der Waals surface area (Å²) in [4.78, 5) is 24.0. The van der Waals surface area contributed by atoms with Gasteiger partial charge in [0.05, 0.1) is 31.8 Å². The number of Topliss-reactive ketones (excluding diaryl/α,β-unsaturated/α-hetero) is 1. The van der Waals surface area contributed by atoms with Gasteiger partial charge in [-0.05, 0) is 57.8 Å². The van der Waals surface area contributed by atoms with Gasteiger partial charge in [0.25, 0.3) is 0 Å². The van der Waals surface area contributed by atoms with Crippen molar-refractivity contribution >= 4 is 34.3 Å². The fraction of sp³-hybridized carbons (Fsp3) is 0.818. The van der Waals surface area contributed by atoms with Crippen molar-refractivity contribution in [2.75, 3.05) is 7.11 Å². The maximum atomic E-state index is 12.5. The summed E-state index contributed by atoms with van der Waals surface area (Å²) in [6.07, 6.45) is -2.10. The molecule has 3 aliphatic heterocycles. The van der Waals surface area contributed by atoms with E-state index in [1.165, 1.54) is 7.11 Å². The normalized spacial score (nSPS) is 38.1. The molecule has 8 nitrogen and oxygen atoms in total. The molecule has 3 fully saturated rings. The second kappa shape index (κ2) is 11.0. The van der Waals surface area contributed by atoms with Crippen LogP contribution in [-0.2, 0) is 28.5 Å². The predicted molar refractivity (Wildman–Crippen MR) is 120 cm³/mol. The lowest BCUT2D eigenvalue weighted by Crippen LogP contribution is -2.61. The first-order chi connectivity index (χ1) is 14.7. The lowest BCUT2D eigenvalue weighted by Gasteiger charge is -2.46. The number of hydrogen-bond acceptors (Lipinski definition) is 8. The summed E-state index contributed by atoms with van der Waals surface area (Å²) in [5.74, 6) is 0.0272. The first-order valence-electron chi connectivity index (χ1n) is 10.9. The zero-order valence-electron chi connectivity index (χ0n) is 18.1. The zero-order chi connectivity index (χ0) is 22.7. The summed E-state index contributed by atoms with van der Waals surface area (Å²) in [6, 6.07) is 0. The van der Waals surface area contributed by atoms with Crippen LogP contribution in [0.3, 0.4) is 0 Å². The average Bonchev–Trinajstić information content (AvgIpc) is 3.02. The number of rotatable bonds is 9. The largest absolute Gasteiger partial charge is 0.469 e. The lowest BCUT2D eigenvalue weighted by atomic mass is 9.87. The molecule has 0 saturated carbocycles. The number of fused-ring (bicyclic) bond motifs is 2. The molecule has 9 atom stereocenters. The molecule has 0 aliphatic carbocycles. The molecular weight excluding hydrogens is 519 g/mol. The van der Waals surface area contributed by atoms with E-state index < -0.39 is 36.6 Å². The van der Waals surface area contributed by atoms with Gasteiger partial charge in [0, 0.05) is 12.8 Å². The van der Waals surface area contributed by atoms with Crippen LogP contribution in [0.15, 0.2) is 10.2 Å². The Hall–Kier alpha value is -0.590. The smallest absolute Gasteiger partial charge is 0.308 e. The third kappa shape index (κ3) is 6.26. The van der Waals surface area contributed by atoms with Gasteiger partial charge >= 0.3 is 5.97 Å². The minimum atomic E-state index is -1.01. The second-order valence-corrected chi connectivity index (χ2v) is 10.5. The molecule has 0 radical (unpaired) electrons. The number of ketones is 1. The first kappa shape index (κ1) is 25.0. The Labute approximate surface area is 196 Å². The molecule has 0 aromatic carbocycles. The summed E-state index contributed by atoms with van der Waals surface area (Å²) in [7, 11) is 1.33. The minimum Gasteiger partial charge on any atom is -0.469 e. The van der Waals surface area contributed by atoms with Gasteiger partial charge in [0.2, 0.25) is 0 Å². The highest BCUT2D eigenvalue weighted by Gasteiger charge is 2.57. The minimum absolute atomic E-state index is 0.0231. The number of aliphatic hydroxyl groups is 2. The van der Waals surface area contributed by atoms with E-state index in [4.69, 9.17) is 18.9 Å². The van der Waals surface area contributed by atoms with E-state index in [1.54, 1.807) is 0 Å². The Morgan fingerprint density at radius 2 is 1.81 bits per heavy atom. The van der Waals surface area contributed by atoms with Crippen molar-refractivity contribution in [3.05, 3.63) is 10.2 Å². The highest BCUT2D eigenvalue weighted by atomic mass is 127. The molecule has 3 heterocycles. The third-order valence-corrected chi connectivity index (χ3v) is 6.84. The molecule has 0 bridgehead atoms. The zero-order valence-corrected chi connectivity index (χ0v) is 20.2. The fourth-order valence-electron chi connectivity index (χ4n) is 4.73. The van der Waals surface area contributed by atoms with E-state index in [2.05, 4.69) is 36.1 Å². The van der Waals surface area contributed by atoms with E-state index in [1.807, 2.05) is 0 Å².